The lowest BCUT2D eigenvalue weighted by Gasteiger charge is -2.42. The highest BCUT2D eigenvalue weighted by molar-refractivity contribution is 5.68. The molecule has 1 unspecified atom stereocenters. The zero-order valence-corrected chi connectivity index (χ0v) is 30.1. The van der Waals surface area contributed by atoms with Gasteiger partial charge in [-0.2, -0.15) is 0 Å². The van der Waals surface area contributed by atoms with Crippen LogP contribution in [0.2, 0.25) is 0 Å². The van der Waals surface area contributed by atoms with Crippen LogP contribution in [-0.4, -0.2) is 12.6 Å². The maximum Gasteiger partial charge on any atom is 0.143 e. The molecule has 1 aliphatic carbocycles. The van der Waals surface area contributed by atoms with E-state index in [1.54, 1.807) is 0 Å². The van der Waals surface area contributed by atoms with Gasteiger partial charge in [-0.25, -0.2) is 0 Å². The van der Waals surface area contributed by atoms with Crippen LogP contribution in [0.4, 0.5) is 5.69 Å². The van der Waals surface area contributed by atoms with Crippen molar-refractivity contribution in [3.63, 3.8) is 0 Å². The van der Waals surface area contributed by atoms with Crippen molar-refractivity contribution in [1.29, 1.82) is 0 Å². The molecule has 0 saturated carbocycles. The molecule has 2 nitrogen and oxygen atoms in total. The second-order valence-electron chi connectivity index (χ2n) is 13.8. The van der Waals surface area contributed by atoms with Crippen LogP contribution >= 0.6 is 0 Å². The fourth-order valence-electron chi connectivity index (χ4n) is 6.94. The summed E-state index contributed by atoms with van der Waals surface area (Å²) in [6, 6.07) is 7.20. The topological polar surface area (TPSA) is 12.5 Å². The average molecular weight is 610 g/mol. The first-order valence-electron chi connectivity index (χ1n) is 18.0. The first kappa shape index (κ1) is 36.5. The lowest BCUT2D eigenvalue weighted by Crippen LogP contribution is -2.42. The van der Waals surface area contributed by atoms with Gasteiger partial charge in [-0.1, -0.05) is 91.3 Å². The van der Waals surface area contributed by atoms with Crippen molar-refractivity contribution in [2.75, 3.05) is 11.5 Å². The fourth-order valence-corrected chi connectivity index (χ4v) is 6.94. The van der Waals surface area contributed by atoms with Gasteiger partial charge < -0.3 is 9.64 Å². The van der Waals surface area contributed by atoms with E-state index in [1.807, 2.05) is 12.2 Å². The predicted molar refractivity (Wildman–Crippen MR) is 198 cm³/mol. The molecule has 1 aromatic rings. The van der Waals surface area contributed by atoms with Gasteiger partial charge in [0.15, 0.2) is 0 Å². The Morgan fingerprint density at radius 1 is 0.978 bits per heavy atom. The molecule has 0 N–H and O–H groups in total. The number of anilines is 1. The van der Waals surface area contributed by atoms with Crippen LogP contribution in [0.5, 0.6) is 5.75 Å². The number of allylic oxidation sites excluding steroid dienone is 6. The Balaban J connectivity index is 2.23. The first-order valence-corrected chi connectivity index (χ1v) is 18.0. The molecule has 2 atom stereocenters. The summed E-state index contributed by atoms with van der Waals surface area (Å²) >= 11 is 0. The smallest absolute Gasteiger partial charge is 0.143 e. The van der Waals surface area contributed by atoms with Crippen LogP contribution < -0.4 is 9.64 Å². The molecule has 0 saturated heterocycles. The van der Waals surface area contributed by atoms with E-state index in [1.165, 1.54) is 33.7 Å². The minimum Gasteiger partial charge on any atom is -0.485 e. The quantitative estimate of drug-likeness (QED) is 0.0989. The molecule has 0 radical (unpaired) electrons. The van der Waals surface area contributed by atoms with E-state index < -0.39 is 0 Å². The van der Waals surface area contributed by atoms with E-state index in [0.717, 1.165) is 76.4 Å². The van der Waals surface area contributed by atoms with E-state index in [0.29, 0.717) is 12.5 Å². The van der Waals surface area contributed by atoms with Crippen molar-refractivity contribution in [2.24, 2.45) is 11.3 Å². The molecule has 0 amide bonds. The Hall–Kier alpha value is -2.96. The fraction of sp³-hybridized carbons (Fsp3) is 0.558. The molecule has 0 aromatic heterocycles. The van der Waals surface area contributed by atoms with E-state index in [9.17, 15) is 0 Å². The van der Waals surface area contributed by atoms with E-state index in [4.69, 9.17) is 4.74 Å². The summed E-state index contributed by atoms with van der Waals surface area (Å²) in [6.07, 6.45) is 25.6. The normalized spacial score (nSPS) is 19.9. The van der Waals surface area contributed by atoms with Gasteiger partial charge in [0.2, 0.25) is 0 Å². The van der Waals surface area contributed by atoms with Gasteiger partial charge in [-0.3, -0.25) is 0 Å². The molecule has 2 heteroatoms. The maximum absolute atomic E-state index is 6.65. The van der Waals surface area contributed by atoms with E-state index >= 15 is 0 Å². The summed E-state index contributed by atoms with van der Waals surface area (Å²) in [5.74, 6) is 1.31. The highest BCUT2D eigenvalue weighted by Gasteiger charge is 2.35. The standard InChI is InChI=1S/C43H63NO/c1-11-18-20-22-34-24-25-35(23-21-19-12-2)33(8)40(30-34)44-38(28-26-36(13-3)42(9,14-4)15-5)32-45-41-31-37(27-29-39(41)44)43(10,16-6)17-7/h11-12,24,26-31,33,40H,1-2,13-23,32H2,3-10H3/b36-26+,38-28+/t33?,40-/m0/s1. The molecule has 1 aliphatic heterocycles. The highest BCUT2D eigenvalue weighted by Crippen LogP contribution is 2.44. The SMILES string of the molecule is C=CCCCC1=C=CC(CCCC=C)=C[C@H](N2/C(=C/C=C(\CC)C(C)(CC)CC)COc3cc(C(C)(CC)CC)ccc32)C1C. The van der Waals surface area contributed by atoms with Crippen LogP contribution in [0.1, 0.15) is 132 Å². The predicted octanol–water partition coefficient (Wildman–Crippen LogP) is 12.7. The summed E-state index contributed by atoms with van der Waals surface area (Å²) in [5, 5.41) is 0. The highest BCUT2D eigenvalue weighted by atomic mass is 16.5. The van der Waals surface area contributed by atoms with Gasteiger partial charge in [0, 0.05) is 5.92 Å². The number of rotatable bonds is 17. The number of hydrogen-bond acceptors (Lipinski definition) is 2. The minimum atomic E-state index is 0.141. The molecule has 1 aromatic carbocycles. The Morgan fingerprint density at radius 3 is 2.24 bits per heavy atom. The van der Waals surface area contributed by atoms with Crippen molar-refractivity contribution >= 4 is 5.69 Å². The Labute approximate surface area is 277 Å². The number of nitrogens with zero attached hydrogens (tertiary/aromatic N) is 1. The van der Waals surface area contributed by atoms with Gasteiger partial charge in [-0.15, -0.1) is 18.9 Å². The third kappa shape index (κ3) is 8.65. The maximum atomic E-state index is 6.65. The Kier molecular flexibility index (Phi) is 13.9. The Bertz CT molecular complexity index is 1310. The van der Waals surface area contributed by atoms with Crippen LogP contribution in [0, 0.1) is 11.3 Å². The minimum absolute atomic E-state index is 0.141. The number of unbranched alkanes of at least 4 members (excludes halogenated alkanes) is 2. The summed E-state index contributed by atoms with van der Waals surface area (Å²) < 4.78 is 6.65. The van der Waals surface area contributed by atoms with Gasteiger partial charge in [0.1, 0.15) is 12.4 Å². The van der Waals surface area contributed by atoms with Crippen LogP contribution in [0.25, 0.3) is 0 Å². The molecular weight excluding hydrogens is 546 g/mol. The molecule has 0 bridgehead atoms. The van der Waals surface area contributed by atoms with Crippen molar-refractivity contribution in [2.45, 2.75) is 137 Å². The molecular formula is C43H63NO. The summed E-state index contributed by atoms with van der Waals surface area (Å²) in [4.78, 5) is 2.61. The van der Waals surface area contributed by atoms with Gasteiger partial charge in [-0.05, 0) is 122 Å². The summed E-state index contributed by atoms with van der Waals surface area (Å²) in [5.41, 5.74) is 12.2. The lowest BCUT2D eigenvalue weighted by atomic mass is 9.76. The molecule has 45 heavy (non-hydrogen) atoms. The largest absolute Gasteiger partial charge is 0.485 e. The summed E-state index contributed by atoms with van der Waals surface area (Å²) in [6.45, 7) is 27.3. The number of benzene rings is 1. The first-order chi connectivity index (χ1) is 21.6. The molecule has 1 heterocycles. The lowest BCUT2D eigenvalue weighted by molar-refractivity contribution is 0.325. The molecule has 0 fully saturated rings. The third-order valence-corrected chi connectivity index (χ3v) is 11.3. The van der Waals surface area contributed by atoms with Crippen LogP contribution in [0.15, 0.2) is 96.0 Å². The molecule has 0 spiro atoms. The van der Waals surface area contributed by atoms with E-state index in [2.05, 4.69) is 122 Å². The van der Waals surface area contributed by atoms with E-state index in [-0.39, 0.29) is 16.9 Å². The molecule has 246 valence electrons. The number of ether oxygens (including phenoxy) is 1. The third-order valence-electron chi connectivity index (χ3n) is 11.3. The Morgan fingerprint density at radius 2 is 1.64 bits per heavy atom. The second kappa shape index (κ2) is 17.1. The average Bonchev–Trinajstić information content (AvgIpc) is 3.22. The van der Waals surface area contributed by atoms with Crippen molar-refractivity contribution < 1.29 is 4.74 Å². The number of fused-ring (bicyclic) bond motifs is 1. The zero-order valence-electron chi connectivity index (χ0n) is 30.1. The van der Waals surface area contributed by atoms with Crippen molar-refractivity contribution in [1.82, 2.24) is 0 Å². The second-order valence-corrected chi connectivity index (χ2v) is 13.8. The summed E-state index contributed by atoms with van der Waals surface area (Å²) in [7, 11) is 0. The van der Waals surface area contributed by atoms with Crippen LogP contribution in [-0.2, 0) is 5.41 Å². The van der Waals surface area contributed by atoms with Gasteiger partial charge in [0.05, 0.1) is 17.4 Å². The molecule has 2 aliphatic rings. The number of hydrogen-bond donors (Lipinski definition) is 0. The monoisotopic (exact) mass is 609 g/mol. The van der Waals surface area contributed by atoms with Crippen molar-refractivity contribution in [3.05, 3.63) is 102 Å². The molecule has 3 rings (SSSR count). The van der Waals surface area contributed by atoms with Crippen LogP contribution in [0.3, 0.4) is 0 Å². The van der Waals surface area contributed by atoms with Gasteiger partial charge in [0.25, 0.3) is 0 Å². The van der Waals surface area contributed by atoms with Gasteiger partial charge >= 0.3 is 0 Å². The zero-order chi connectivity index (χ0) is 33.0. The van der Waals surface area contributed by atoms with Crippen molar-refractivity contribution in [3.8, 4) is 5.75 Å².